The fraction of sp³-hybridized carbons (Fsp3) is 0.0769. The predicted molar refractivity (Wildman–Crippen MR) is 66.4 cm³/mol. The minimum atomic E-state index is -0.660. The smallest absolute Gasteiger partial charge is 0.396 e. The average Bonchev–Trinajstić information content (AvgIpc) is 2.95. The molecule has 94 valence electrons. The summed E-state index contributed by atoms with van der Waals surface area (Å²) >= 11 is 0. The largest absolute Gasteiger partial charge is 0.462 e. The van der Waals surface area contributed by atoms with Crippen LogP contribution in [0.2, 0.25) is 0 Å². The Balaban J connectivity index is 2.14. The van der Waals surface area contributed by atoms with Gasteiger partial charge in [-0.25, -0.2) is 4.79 Å². The molecule has 0 radical (unpaired) electrons. The highest BCUT2D eigenvalue weighted by molar-refractivity contribution is 5.91. The molecule has 3 aromatic rings. The molecule has 0 N–H and O–H groups in total. The molecular weight excluding hydrogens is 246 g/mol. The van der Waals surface area contributed by atoms with Gasteiger partial charge in [-0.05, 0) is 12.1 Å². The zero-order valence-corrected chi connectivity index (χ0v) is 10.0. The molecule has 0 aliphatic carbocycles. The molecule has 0 bridgehead atoms. The number of para-hydroxylation sites is 1. The number of methoxy groups -OCH3 is 1. The van der Waals surface area contributed by atoms with E-state index >= 15 is 0 Å². The minimum absolute atomic E-state index is 0.176. The SMILES string of the molecule is COC(=O)c1nnc(-c2cccc3cccnc23)o1. The van der Waals surface area contributed by atoms with Crippen LogP contribution in [-0.2, 0) is 4.74 Å². The molecule has 0 amide bonds. The number of ether oxygens (including phenoxy) is 1. The van der Waals surface area contributed by atoms with Crippen LogP contribution in [0.15, 0.2) is 40.9 Å². The molecule has 0 saturated carbocycles. The van der Waals surface area contributed by atoms with E-state index < -0.39 is 5.97 Å². The van der Waals surface area contributed by atoms with Gasteiger partial charge in [0.2, 0.25) is 0 Å². The van der Waals surface area contributed by atoms with Crippen molar-refractivity contribution >= 4 is 16.9 Å². The summed E-state index contributed by atoms with van der Waals surface area (Å²) in [7, 11) is 1.26. The van der Waals surface area contributed by atoms with Crippen molar-refractivity contribution in [2.45, 2.75) is 0 Å². The van der Waals surface area contributed by atoms with Crippen molar-refractivity contribution in [3.8, 4) is 11.5 Å². The summed E-state index contributed by atoms with van der Waals surface area (Å²) in [5, 5.41) is 8.46. The van der Waals surface area contributed by atoms with E-state index in [1.807, 2.05) is 30.3 Å². The highest BCUT2D eigenvalue weighted by Crippen LogP contribution is 2.25. The highest BCUT2D eigenvalue weighted by Gasteiger charge is 2.17. The molecule has 2 heterocycles. The maximum Gasteiger partial charge on any atom is 0.396 e. The molecule has 0 atom stereocenters. The molecule has 0 fully saturated rings. The Morgan fingerprint density at radius 2 is 2.05 bits per heavy atom. The van der Waals surface area contributed by atoms with Gasteiger partial charge in [0.1, 0.15) is 0 Å². The Morgan fingerprint density at radius 3 is 2.89 bits per heavy atom. The van der Waals surface area contributed by atoms with Gasteiger partial charge in [-0.2, -0.15) is 0 Å². The predicted octanol–water partition coefficient (Wildman–Crippen LogP) is 2.07. The van der Waals surface area contributed by atoms with E-state index in [4.69, 9.17) is 4.42 Å². The van der Waals surface area contributed by atoms with Gasteiger partial charge in [0.15, 0.2) is 0 Å². The Morgan fingerprint density at radius 1 is 1.21 bits per heavy atom. The van der Waals surface area contributed by atoms with Crippen LogP contribution < -0.4 is 0 Å². The lowest BCUT2D eigenvalue weighted by atomic mass is 10.1. The Hall–Kier alpha value is -2.76. The van der Waals surface area contributed by atoms with E-state index in [-0.39, 0.29) is 11.8 Å². The van der Waals surface area contributed by atoms with Crippen molar-refractivity contribution in [3.05, 3.63) is 42.4 Å². The quantitative estimate of drug-likeness (QED) is 0.652. The van der Waals surface area contributed by atoms with Crippen LogP contribution in [0.3, 0.4) is 0 Å². The first kappa shape index (κ1) is 11.3. The Kier molecular flexibility index (Phi) is 2.68. The zero-order chi connectivity index (χ0) is 13.2. The minimum Gasteiger partial charge on any atom is -0.462 e. The third kappa shape index (κ3) is 1.93. The second-order valence-electron chi connectivity index (χ2n) is 3.78. The van der Waals surface area contributed by atoms with E-state index in [9.17, 15) is 4.79 Å². The summed E-state index contributed by atoms with van der Waals surface area (Å²) in [6.07, 6.45) is 1.68. The number of pyridine rings is 1. The number of hydrogen-bond donors (Lipinski definition) is 0. The summed E-state index contributed by atoms with van der Waals surface area (Å²) in [6.45, 7) is 0. The number of rotatable bonds is 2. The Labute approximate surface area is 108 Å². The molecule has 6 heteroatoms. The summed E-state index contributed by atoms with van der Waals surface area (Å²) in [5.74, 6) is -0.595. The van der Waals surface area contributed by atoms with Gasteiger partial charge in [-0.3, -0.25) is 4.98 Å². The number of benzene rings is 1. The Bertz CT molecular complexity index is 746. The molecule has 0 saturated heterocycles. The van der Waals surface area contributed by atoms with E-state index in [1.54, 1.807) is 6.20 Å². The summed E-state index contributed by atoms with van der Waals surface area (Å²) in [5.41, 5.74) is 1.42. The van der Waals surface area contributed by atoms with E-state index in [1.165, 1.54) is 7.11 Å². The van der Waals surface area contributed by atoms with Gasteiger partial charge < -0.3 is 9.15 Å². The number of carbonyl (C=O) groups is 1. The van der Waals surface area contributed by atoms with Crippen molar-refractivity contribution in [2.24, 2.45) is 0 Å². The van der Waals surface area contributed by atoms with Crippen LogP contribution >= 0.6 is 0 Å². The van der Waals surface area contributed by atoms with Gasteiger partial charge in [0, 0.05) is 11.6 Å². The van der Waals surface area contributed by atoms with Gasteiger partial charge >= 0.3 is 11.9 Å². The second-order valence-corrected chi connectivity index (χ2v) is 3.78. The third-order valence-electron chi connectivity index (χ3n) is 2.65. The molecule has 0 spiro atoms. The van der Waals surface area contributed by atoms with Gasteiger partial charge in [0.25, 0.3) is 5.89 Å². The number of esters is 1. The summed E-state index contributed by atoms with van der Waals surface area (Å²) in [6, 6.07) is 9.39. The van der Waals surface area contributed by atoms with Gasteiger partial charge in [0.05, 0.1) is 18.2 Å². The molecule has 3 rings (SSSR count). The van der Waals surface area contributed by atoms with Crippen LogP contribution in [0.1, 0.15) is 10.7 Å². The number of aromatic nitrogens is 3. The topological polar surface area (TPSA) is 78.1 Å². The first-order valence-corrected chi connectivity index (χ1v) is 5.55. The van der Waals surface area contributed by atoms with E-state index in [0.29, 0.717) is 5.56 Å². The number of nitrogens with zero attached hydrogens (tertiary/aromatic N) is 3. The fourth-order valence-electron chi connectivity index (χ4n) is 1.78. The summed E-state index contributed by atoms with van der Waals surface area (Å²) in [4.78, 5) is 15.6. The lowest BCUT2D eigenvalue weighted by molar-refractivity contribution is 0.0556. The van der Waals surface area contributed by atoms with Crippen LogP contribution in [-0.4, -0.2) is 28.3 Å². The van der Waals surface area contributed by atoms with E-state index in [2.05, 4.69) is 19.9 Å². The van der Waals surface area contributed by atoms with Crippen LogP contribution in [0.4, 0.5) is 0 Å². The monoisotopic (exact) mass is 255 g/mol. The number of hydrogen-bond acceptors (Lipinski definition) is 6. The normalized spacial score (nSPS) is 10.6. The maximum absolute atomic E-state index is 11.3. The standard InChI is InChI=1S/C13H9N3O3/c1-18-13(17)12-16-15-11(19-12)9-6-2-4-8-5-3-7-14-10(8)9/h2-7H,1H3. The number of carbonyl (C=O) groups excluding carboxylic acids is 1. The van der Waals surface area contributed by atoms with Crippen LogP contribution in [0, 0.1) is 0 Å². The molecule has 6 nitrogen and oxygen atoms in total. The zero-order valence-electron chi connectivity index (χ0n) is 10.0. The summed E-state index contributed by atoms with van der Waals surface area (Å²) < 4.78 is 9.82. The third-order valence-corrected chi connectivity index (χ3v) is 2.65. The van der Waals surface area contributed by atoms with Gasteiger partial charge in [-0.1, -0.05) is 18.2 Å². The maximum atomic E-state index is 11.3. The fourth-order valence-corrected chi connectivity index (χ4v) is 1.78. The van der Waals surface area contributed by atoms with Crippen LogP contribution in [0.5, 0.6) is 0 Å². The molecule has 19 heavy (non-hydrogen) atoms. The molecular formula is C13H9N3O3. The molecule has 0 aliphatic rings. The number of fused-ring (bicyclic) bond motifs is 1. The average molecular weight is 255 g/mol. The van der Waals surface area contributed by atoms with Crippen molar-refractivity contribution in [1.82, 2.24) is 15.2 Å². The van der Waals surface area contributed by atoms with Crippen LogP contribution in [0.25, 0.3) is 22.4 Å². The first-order chi connectivity index (χ1) is 9.29. The molecule has 2 aromatic heterocycles. The van der Waals surface area contributed by atoms with Gasteiger partial charge in [-0.15, -0.1) is 10.2 Å². The molecule has 0 unspecified atom stereocenters. The van der Waals surface area contributed by atoms with Crippen molar-refractivity contribution < 1.29 is 13.9 Å². The lowest BCUT2D eigenvalue weighted by Gasteiger charge is -2.00. The van der Waals surface area contributed by atoms with Crippen molar-refractivity contribution in [2.75, 3.05) is 7.11 Å². The van der Waals surface area contributed by atoms with E-state index in [0.717, 1.165) is 10.9 Å². The first-order valence-electron chi connectivity index (χ1n) is 5.55. The lowest BCUT2D eigenvalue weighted by Crippen LogP contribution is -2.00. The highest BCUT2D eigenvalue weighted by atomic mass is 16.5. The van der Waals surface area contributed by atoms with Crippen molar-refractivity contribution in [3.63, 3.8) is 0 Å². The van der Waals surface area contributed by atoms with Crippen molar-refractivity contribution in [1.29, 1.82) is 0 Å². The molecule has 0 aliphatic heterocycles. The second kappa shape index (κ2) is 4.49. The molecule has 1 aromatic carbocycles.